The summed E-state index contributed by atoms with van der Waals surface area (Å²) in [6, 6.07) is 12.2. The molecule has 0 saturated carbocycles. The number of anilines is 1. The standard InChI is InChI=1S/C25H30FN3O3/c1-5-28(6-2)20-13-9-17(10-14-20)22-21(23(30)18-7-11-19(26)12-8-18)24(31)25(32)29(22)16-15-27(3)4/h7-14,22,30H,5-6,15-16H2,1-4H3/b23-21-. The summed E-state index contributed by atoms with van der Waals surface area (Å²) in [7, 11) is 3.78. The van der Waals surface area contributed by atoms with E-state index in [0.717, 1.165) is 24.3 Å². The first-order chi connectivity index (χ1) is 15.3. The first-order valence-corrected chi connectivity index (χ1v) is 10.8. The summed E-state index contributed by atoms with van der Waals surface area (Å²) in [4.78, 5) is 31.5. The third kappa shape index (κ3) is 4.67. The van der Waals surface area contributed by atoms with Crippen LogP contribution in [0.25, 0.3) is 5.76 Å². The maximum Gasteiger partial charge on any atom is 0.295 e. The molecule has 1 heterocycles. The molecule has 1 unspecified atom stereocenters. The predicted octanol–water partition coefficient (Wildman–Crippen LogP) is 3.66. The Balaban J connectivity index is 2.10. The lowest BCUT2D eigenvalue weighted by Gasteiger charge is -2.27. The van der Waals surface area contributed by atoms with E-state index in [1.54, 1.807) is 0 Å². The van der Waals surface area contributed by atoms with Crippen LogP contribution in [0.3, 0.4) is 0 Å². The molecule has 1 saturated heterocycles. The van der Waals surface area contributed by atoms with Crippen molar-refractivity contribution in [3.8, 4) is 0 Å². The Hall–Kier alpha value is -3.19. The van der Waals surface area contributed by atoms with Crippen molar-refractivity contribution in [3.05, 3.63) is 71.0 Å². The van der Waals surface area contributed by atoms with Crippen molar-refractivity contribution in [1.82, 2.24) is 9.80 Å². The number of likely N-dealkylation sites (tertiary alicyclic amines) is 1. The summed E-state index contributed by atoms with van der Waals surface area (Å²) in [5.41, 5.74) is 2.10. The van der Waals surface area contributed by atoms with Crippen molar-refractivity contribution in [2.75, 3.05) is 45.2 Å². The lowest BCUT2D eigenvalue weighted by molar-refractivity contribution is -0.140. The van der Waals surface area contributed by atoms with E-state index < -0.39 is 23.5 Å². The number of ketones is 1. The van der Waals surface area contributed by atoms with Gasteiger partial charge in [-0.15, -0.1) is 0 Å². The Morgan fingerprint density at radius 1 is 1.00 bits per heavy atom. The zero-order chi connectivity index (χ0) is 23.4. The molecule has 170 valence electrons. The SMILES string of the molecule is CCN(CC)c1ccc(C2/C(=C(/O)c3ccc(F)cc3)C(=O)C(=O)N2CCN(C)C)cc1. The molecule has 2 aromatic carbocycles. The number of hydrogen-bond donors (Lipinski definition) is 1. The zero-order valence-electron chi connectivity index (χ0n) is 19.0. The number of hydrogen-bond acceptors (Lipinski definition) is 5. The van der Waals surface area contributed by atoms with Crippen molar-refractivity contribution in [3.63, 3.8) is 0 Å². The number of halogens is 1. The number of carbonyl (C=O) groups is 2. The van der Waals surface area contributed by atoms with Gasteiger partial charge in [0.05, 0.1) is 11.6 Å². The van der Waals surface area contributed by atoms with Gasteiger partial charge in [0.15, 0.2) is 0 Å². The fourth-order valence-electron chi connectivity index (χ4n) is 3.98. The van der Waals surface area contributed by atoms with E-state index in [1.165, 1.54) is 29.2 Å². The minimum atomic E-state index is -0.733. The molecular weight excluding hydrogens is 409 g/mol. The number of carbonyl (C=O) groups excluding carboxylic acids is 2. The summed E-state index contributed by atoms with van der Waals surface area (Å²) in [5.74, 6) is -2.12. The van der Waals surface area contributed by atoms with Crippen LogP contribution in [0, 0.1) is 5.82 Å². The number of Topliss-reactive ketones (excluding diaryl/α,β-unsaturated/α-hetero) is 1. The molecule has 1 aliphatic rings. The number of amides is 1. The highest BCUT2D eigenvalue weighted by molar-refractivity contribution is 6.46. The molecule has 32 heavy (non-hydrogen) atoms. The lowest BCUT2D eigenvalue weighted by Crippen LogP contribution is -2.35. The van der Waals surface area contributed by atoms with Gasteiger partial charge >= 0.3 is 0 Å². The highest BCUT2D eigenvalue weighted by Gasteiger charge is 2.45. The van der Waals surface area contributed by atoms with Gasteiger partial charge in [-0.1, -0.05) is 12.1 Å². The number of aliphatic hydroxyl groups excluding tert-OH is 1. The van der Waals surface area contributed by atoms with Crippen LogP contribution in [0.5, 0.6) is 0 Å². The van der Waals surface area contributed by atoms with Crippen molar-refractivity contribution in [1.29, 1.82) is 0 Å². The molecule has 1 aliphatic heterocycles. The number of benzene rings is 2. The summed E-state index contributed by atoms with van der Waals surface area (Å²) < 4.78 is 13.4. The first-order valence-electron chi connectivity index (χ1n) is 10.8. The number of aliphatic hydroxyl groups is 1. The molecule has 0 radical (unpaired) electrons. The fraction of sp³-hybridized carbons (Fsp3) is 0.360. The van der Waals surface area contributed by atoms with Crippen LogP contribution in [-0.4, -0.2) is 66.9 Å². The van der Waals surface area contributed by atoms with E-state index in [0.29, 0.717) is 18.7 Å². The van der Waals surface area contributed by atoms with E-state index in [1.807, 2.05) is 43.3 Å². The highest BCUT2D eigenvalue weighted by Crippen LogP contribution is 2.39. The maximum atomic E-state index is 13.4. The minimum Gasteiger partial charge on any atom is -0.507 e. The number of rotatable bonds is 8. The predicted molar refractivity (Wildman–Crippen MR) is 124 cm³/mol. The van der Waals surface area contributed by atoms with E-state index in [4.69, 9.17) is 0 Å². The quantitative estimate of drug-likeness (QED) is 0.386. The van der Waals surface area contributed by atoms with Crippen LogP contribution in [0.2, 0.25) is 0 Å². The second-order valence-corrected chi connectivity index (χ2v) is 8.07. The van der Waals surface area contributed by atoms with Crippen LogP contribution >= 0.6 is 0 Å². The van der Waals surface area contributed by atoms with Gasteiger partial charge in [0, 0.05) is 37.4 Å². The third-order valence-electron chi connectivity index (χ3n) is 5.78. The Labute approximate surface area is 188 Å². The molecule has 0 aromatic heterocycles. The van der Waals surface area contributed by atoms with Gasteiger partial charge in [-0.05, 0) is 69.9 Å². The molecule has 6 nitrogen and oxygen atoms in total. The molecule has 2 aromatic rings. The fourth-order valence-corrected chi connectivity index (χ4v) is 3.98. The summed E-state index contributed by atoms with van der Waals surface area (Å²) in [6.45, 7) is 6.79. The molecule has 1 amide bonds. The Kier molecular flexibility index (Phi) is 7.30. The van der Waals surface area contributed by atoms with Gasteiger partial charge in [0.1, 0.15) is 11.6 Å². The summed E-state index contributed by atoms with van der Waals surface area (Å²) in [5, 5.41) is 11.0. The molecular formula is C25H30FN3O3. The molecule has 1 atom stereocenters. The van der Waals surface area contributed by atoms with Gasteiger partial charge in [-0.2, -0.15) is 0 Å². The van der Waals surface area contributed by atoms with Gasteiger partial charge in [0.25, 0.3) is 11.7 Å². The van der Waals surface area contributed by atoms with Gasteiger partial charge < -0.3 is 19.8 Å². The van der Waals surface area contributed by atoms with Crippen LogP contribution in [0.15, 0.2) is 54.1 Å². The lowest BCUT2D eigenvalue weighted by atomic mass is 9.95. The molecule has 1 fully saturated rings. The van der Waals surface area contributed by atoms with Gasteiger partial charge in [-0.3, -0.25) is 9.59 Å². The Morgan fingerprint density at radius 2 is 1.59 bits per heavy atom. The van der Waals surface area contributed by atoms with Crippen LogP contribution in [-0.2, 0) is 9.59 Å². The van der Waals surface area contributed by atoms with E-state index in [2.05, 4.69) is 18.7 Å². The van der Waals surface area contributed by atoms with E-state index in [-0.39, 0.29) is 11.3 Å². The maximum absolute atomic E-state index is 13.4. The molecule has 0 spiro atoms. The van der Waals surface area contributed by atoms with Crippen LogP contribution in [0.4, 0.5) is 10.1 Å². The van der Waals surface area contributed by atoms with Crippen LogP contribution in [0.1, 0.15) is 31.0 Å². The second-order valence-electron chi connectivity index (χ2n) is 8.07. The van der Waals surface area contributed by atoms with E-state index in [9.17, 15) is 19.1 Å². The Morgan fingerprint density at radius 3 is 2.12 bits per heavy atom. The second kappa shape index (κ2) is 9.96. The summed E-state index contributed by atoms with van der Waals surface area (Å²) >= 11 is 0. The van der Waals surface area contributed by atoms with Crippen molar-refractivity contribution < 1.29 is 19.1 Å². The van der Waals surface area contributed by atoms with Gasteiger partial charge in [0.2, 0.25) is 0 Å². The van der Waals surface area contributed by atoms with Gasteiger partial charge in [-0.25, -0.2) is 4.39 Å². The molecule has 0 aliphatic carbocycles. The topological polar surface area (TPSA) is 64.1 Å². The van der Waals surface area contributed by atoms with Crippen molar-refractivity contribution >= 4 is 23.1 Å². The normalized spacial score (nSPS) is 17.9. The average molecular weight is 440 g/mol. The third-order valence-corrected chi connectivity index (χ3v) is 5.78. The van der Waals surface area contributed by atoms with Crippen molar-refractivity contribution in [2.45, 2.75) is 19.9 Å². The Bertz CT molecular complexity index is 996. The smallest absolute Gasteiger partial charge is 0.295 e. The minimum absolute atomic E-state index is 0.0240. The summed E-state index contributed by atoms with van der Waals surface area (Å²) in [6.07, 6.45) is 0. The molecule has 0 bridgehead atoms. The molecule has 1 N–H and O–H groups in total. The average Bonchev–Trinajstić information content (AvgIpc) is 3.03. The zero-order valence-corrected chi connectivity index (χ0v) is 19.0. The molecule has 7 heteroatoms. The monoisotopic (exact) mass is 439 g/mol. The first kappa shape index (κ1) is 23.5. The highest BCUT2D eigenvalue weighted by atomic mass is 19.1. The largest absolute Gasteiger partial charge is 0.507 e. The number of nitrogens with zero attached hydrogens (tertiary/aromatic N) is 3. The van der Waals surface area contributed by atoms with Crippen LogP contribution < -0.4 is 4.90 Å². The van der Waals surface area contributed by atoms with Crippen molar-refractivity contribution in [2.24, 2.45) is 0 Å². The molecule has 3 rings (SSSR count). The number of likely N-dealkylation sites (N-methyl/N-ethyl adjacent to an activating group) is 1. The van der Waals surface area contributed by atoms with E-state index >= 15 is 0 Å².